The largest absolute Gasteiger partial charge is 0.334 e. The van der Waals surface area contributed by atoms with Crippen molar-refractivity contribution >= 4 is 47.0 Å². The summed E-state index contributed by atoms with van der Waals surface area (Å²) in [5, 5.41) is 9.04. The monoisotopic (exact) mass is 516 g/mol. The molecule has 5 amide bonds. The van der Waals surface area contributed by atoms with E-state index in [2.05, 4.69) is 16.0 Å². The quantitative estimate of drug-likeness (QED) is 0.481. The Bertz CT molecular complexity index is 1190. The highest BCUT2D eigenvalue weighted by Crippen LogP contribution is 2.29. The molecule has 2 aliphatic rings. The number of hydrogen-bond acceptors (Lipinski definition) is 4. The number of hydrogen-bond donors (Lipinski definition) is 3. The van der Waals surface area contributed by atoms with Crippen LogP contribution in [0.2, 0.25) is 10.0 Å². The summed E-state index contributed by atoms with van der Waals surface area (Å²) in [5.74, 6) is -0.984. The summed E-state index contributed by atoms with van der Waals surface area (Å²) in [6.45, 7) is 2.59. The molecular formula is C25H26Cl2N4O4. The lowest BCUT2D eigenvalue weighted by molar-refractivity contribution is -0.136. The predicted molar refractivity (Wildman–Crippen MR) is 132 cm³/mol. The van der Waals surface area contributed by atoms with Gasteiger partial charge in [0.2, 0.25) is 11.8 Å². The molecule has 8 nitrogen and oxygen atoms in total. The average molecular weight is 517 g/mol. The zero-order valence-electron chi connectivity index (χ0n) is 19.2. The first-order valence-electron chi connectivity index (χ1n) is 11.5. The van der Waals surface area contributed by atoms with Crippen LogP contribution in [0.3, 0.4) is 0 Å². The van der Waals surface area contributed by atoms with Gasteiger partial charge in [0.25, 0.3) is 5.91 Å². The van der Waals surface area contributed by atoms with Gasteiger partial charge in [-0.15, -0.1) is 0 Å². The van der Waals surface area contributed by atoms with Crippen molar-refractivity contribution in [1.29, 1.82) is 0 Å². The van der Waals surface area contributed by atoms with Gasteiger partial charge in [0.15, 0.2) is 0 Å². The number of nitrogens with zero attached hydrogens (tertiary/aromatic N) is 1. The van der Waals surface area contributed by atoms with Crippen LogP contribution in [0, 0.1) is 0 Å². The Morgan fingerprint density at radius 2 is 1.94 bits per heavy atom. The fourth-order valence-corrected chi connectivity index (χ4v) is 4.78. The molecule has 0 aromatic heterocycles. The van der Waals surface area contributed by atoms with E-state index in [1.807, 2.05) is 19.1 Å². The summed E-state index contributed by atoms with van der Waals surface area (Å²) in [6.07, 6.45) is 2.13. The lowest BCUT2D eigenvalue weighted by Crippen LogP contribution is -2.52. The number of halogens is 2. The molecule has 35 heavy (non-hydrogen) atoms. The molecule has 0 bridgehead atoms. The van der Waals surface area contributed by atoms with Crippen LogP contribution in [0.4, 0.5) is 4.79 Å². The van der Waals surface area contributed by atoms with Crippen molar-refractivity contribution in [2.24, 2.45) is 0 Å². The van der Waals surface area contributed by atoms with Crippen molar-refractivity contribution in [3.63, 3.8) is 0 Å². The van der Waals surface area contributed by atoms with E-state index < -0.39 is 11.9 Å². The Labute approximate surface area is 213 Å². The zero-order valence-corrected chi connectivity index (χ0v) is 20.7. The van der Waals surface area contributed by atoms with Gasteiger partial charge in [0, 0.05) is 25.1 Å². The first-order valence-corrected chi connectivity index (χ1v) is 12.3. The van der Waals surface area contributed by atoms with Crippen molar-refractivity contribution < 1.29 is 19.2 Å². The molecule has 2 aliphatic heterocycles. The number of imide groups is 1. The van der Waals surface area contributed by atoms with E-state index in [0.29, 0.717) is 22.0 Å². The molecule has 2 atom stereocenters. The molecule has 2 aromatic rings. The van der Waals surface area contributed by atoms with Crippen LogP contribution in [0.1, 0.15) is 65.7 Å². The van der Waals surface area contributed by atoms with Gasteiger partial charge in [-0.2, -0.15) is 0 Å². The second kappa shape index (κ2) is 10.7. The van der Waals surface area contributed by atoms with E-state index in [0.717, 1.165) is 29.5 Å². The van der Waals surface area contributed by atoms with Gasteiger partial charge in [-0.1, -0.05) is 54.7 Å². The first kappa shape index (κ1) is 25.0. The summed E-state index contributed by atoms with van der Waals surface area (Å²) in [6, 6.07) is 9.49. The SMILES string of the molecule is CCCC(NC(=O)NCc1ccc2c(c1)CN(C1CCC(=O)NC1=O)C2=O)c1ccc(Cl)c(Cl)c1. The molecule has 184 valence electrons. The molecule has 0 aliphatic carbocycles. The van der Waals surface area contributed by atoms with Crippen molar-refractivity contribution in [3.05, 3.63) is 68.7 Å². The zero-order chi connectivity index (χ0) is 25.1. The lowest BCUT2D eigenvalue weighted by Gasteiger charge is -2.29. The van der Waals surface area contributed by atoms with Crippen molar-refractivity contribution in [1.82, 2.24) is 20.9 Å². The topological polar surface area (TPSA) is 108 Å². The van der Waals surface area contributed by atoms with Crippen LogP contribution in [0.25, 0.3) is 0 Å². The van der Waals surface area contributed by atoms with Gasteiger partial charge in [-0.3, -0.25) is 19.7 Å². The van der Waals surface area contributed by atoms with Gasteiger partial charge in [0.1, 0.15) is 6.04 Å². The van der Waals surface area contributed by atoms with Crippen LogP contribution in [-0.4, -0.2) is 34.7 Å². The fourth-order valence-electron chi connectivity index (χ4n) is 4.47. The molecule has 10 heteroatoms. The summed E-state index contributed by atoms with van der Waals surface area (Å²) < 4.78 is 0. The highest BCUT2D eigenvalue weighted by molar-refractivity contribution is 6.42. The standard InChI is InChI=1S/C25H26Cl2N4O4/c1-2-3-20(15-5-7-18(26)19(27)11-15)29-25(35)28-12-14-4-6-17-16(10-14)13-31(24(17)34)21-8-9-22(32)30-23(21)33/h4-7,10-11,20-21H,2-3,8-9,12-13H2,1H3,(H2,28,29,35)(H,30,32,33). The van der Waals surface area contributed by atoms with Crippen molar-refractivity contribution in [3.8, 4) is 0 Å². The highest BCUT2D eigenvalue weighted by atomic mass is 35.5. The van der Waals surface area contributed by atoms with Crippen LogP contribution in [0.5, 0.6) is 0 Å². The van der Waals surface area contributed by atoms with Crippen LogP contribution in [0.15, 0.2) is 36.4 Å². The second-order valence-corrected chi connectivity index (χ2v) is 9.55. The molecule has 1 fully saturated rings. The number of rotatable bonds is 7. The number of fused-ring (bicyclic) bond motifs is 1. The molecule has 1 saturated heterocycles. The minimum absolute atomic E-state index is 0.210. The van der Waals surface area contributed by atoms with E-state index >= 15 is 0 Å². The summed E-state index contributed by atoms with van der Waals surface area (Å²) >= 11 is 12.2. The molecule has 0 saturated carbocycles. The third kappa shape index (κ3) is 5.60. The second-order valence-electron chi connectivity index (χ2n) is 8.73. The highest BCUT2D eigenvalue weighted by Gasteiger charge is 2.39. The smallest absolute Gasteiger partial charge is 0.315 e. The maximum Gasteiger partial charge on any atom is 0.315 e. The molecule has 0 spiro atoms. The summed E-state index contributed by atoms with van der Waals surface area (Å²) in [5.41, 5.74) is 3.03. The van der Waals surface area contributed by atoms with Gasteiger partial charge >= 0.3 is 6.03 Å². The predicted octanol–water partition coefficient (Wildman–Crippen LogP) is 4.10. The number of urea groups is 1. The minimum atomic E-state index is -0.656. The Morgan fingerprint density at radius 3 is 2.66 bits per heavy atom. The minimum Gasteiger partial charge on any atom is -0.334 e. The van der Waals surface area contributed by atoms with Gasteiger partial charge in [0.05, 0.1) is 16.1 Å². The maximum atomic E-state index is 12.8. The maximum absolute atomic E-state index is 12.8. The van der Waals surface area contributed by atoms with Crippen LogP contribution < -0.4 is 16.0 Å². The van der Waals surface area contributed by atoms with Crippen LogP contribution >= 0.6 is 23.2 Å². The molecule has 3 N–H and O–H groups in total. The molecule has 2 unspecified atom stereocenters. The molecule has 4 rings (SSSR count). The van der Waals surface area contributed by atoms with Gasteiger partial charge < -0.3 is 15.5 Å². The average Bonchev–Trinajstić information content (AvgIpc) is 3.14. The molecule has 0 radical (unpaired) electrons. The number of nitrogens with one attached hydrogen (secondary N) is 3. The fraction of sp³-hybridized carbons (Fsp3) is 0.360. The lowest BCUT2D eigenvalue weighted by atomic mass is 10.0. The molecular weight excluding hydrogens is 491 g/mol. The molecule has 2 aromatic carbocycles. The Kier molecular flexibility index (Phi) is 7.62. The summed E-state index contributed by atoms with van der Waals surface area (Å²) in [4.78, 5) is 50.6. The Hall–Kier alpha value is -3.10. The van der Waals surface area contributed by atoms with E-state index in [9.17, 15) is 19.2 Å². The third-order valence-corrected chi connectivity index (χ3v) is 7.01. The van der Waals surface area contributed by atoms with Gasteiger partial charge in [-0.25, -0.2) is 4.79 Å². The Morgan fingerprint density at radius 1 is 1.14 bits per heavy atom. The van der Waals surface area contributed by atoms with E-state index in [4.69, 9.17) is 23.2 Å². The number of piperidine rings is 1. The summed E-state index contributed by atoms with van der Waals surface area (Å²) in [7, 11) is 0. The van der Waals surface area contributed by atoms with Crippen LogP contribution in [-0.2, 0) is 22.7 Å². The van der Waals surface area contributed by atoms with Crippen molar-refractivity contribution in [2.45, 2.75) is 57.8 Å². The number of amides is 5. The Balaban J connectivity index is 1.37. The normalized spacial score (nSPS) is 18.2. The third-order valence-electron chi connectivity index (χ3n) is 6.27. The number of benzene rings is 2. The van der Waals surface area contributed by atoms with Gasteiger partial charge in [-0.05, 0) is 47.7 Å². The number of carbonyl (C=O) groups is 4. The van der Waals surface area contributed by atoms with E-state index in [1.54, 1.807) is 24.3 Å². The van der Waals surface area contributed by atoms with E-state index in [1.165, 1.54) is 4.90 Å². The van der Waals surface area contributed by atoms with Crippen molar-refractivity contribution in [2.75, 3.05) is 0 Å². The molecule has 2 heterocycles. The number of carbonyl (C=O) groups excluding carboxylic acids is 4. The van der Waals surface area contributed by atoms with E-state index in [-0.39, 0.29) is 43.4 Å². The first-order chi connectivity index (χ1) is 16.8.